The zero-order chi connectivity index (χ0) is 20.0. The Morgan fingerprint density at radius 2 is 1.89 bits per heavy atom. The predicted molar refractivity (Wildman–Crippen MR) is 112 cm³/mol. The zero-order valence-corrected chi connectivity index (χ0v) is 16.8. The maximum absolute atomic E-state index is 12.3. The van der Waals surface area contributed by atoms with Gasteiger partial charge in [0.2, 0.25) is 0 Å². The number of nitrogens with zero attached hydrogens (tertiary/aromatic N) is 2. The minimum Gasteiger partial charge on any atom is -0.383 e. The SMILES string of the molecule is COCCNS(=O)(=O)/C(C#N)=C/c1ccc2cc(N3CCCCC3)ccc2c1. The fraction of sp³-hybridized carbons (Fsp3) is 0.381. The first-order valence-electron chi connectivity index (χ1n) is 9.43. The highest BCUT2D eigenvalue weighted by molar-refractivity contribution is 7.93. The van der Waals surface area contributed by atoms with Crippen molar-refractivity contribution in [2.45, 2.75) is 19.3 Å². The molecule has 6 nitrogen and oxygen atoms in total. The molecule has 1 fully saturated rings. The van der Waals surface area contributed by atoms with Gasteiger partial charge in [0.1, 0.15) is 6.07 Å². The van der Waals surface area contributed by atoms with Crippen molar-refractivity contribution >= 4 is 32.6 Å². The highest BCUT2D eigenvalue weighted by atomic mass is 32.2. The van der Waals surface area contributed by atoms with Crippen molar-refractivity contribution in [3.63, 3.8) is 0 Å². The van der Waals surface area contributed by atoms with Crippen LogP contribution in [0.25, 0.3) is 16.8 Å². The van der Waals surface area contributed by atoms with Crippen LogP contribution in [-0.4, -0.2) is 41.8 Å². The van der Waals surface area contributed by atoms with Crippen LogP contribution in [0.1, 0.15) is 24.8 Å². The van der Waals surface area contributed by atoms with Gasteiger partial charge in [0, 0.05) is 32.4 Å². The molecule has 0 bridgehead atoms. The summed E-state index contributed by atoms with van der Waals surface area (Å²) in [6.07, 6.45) is 5.15. The standard InChI is InChI=1S/C21H25N3O3S/c1-27-12-9-23-28(25,26)21(16-22)14-17-5-6-19-15-20(8-7-18(19)13-17)24-10-3-2-4-11-24/h5-8,13-15,23H,2-4,9-12H2,1H3/b21-14+. The minimum atomic E-state index is -3.85. The van der Waals surface area contributed by atoms with Crippen molar-refractivity contribution in [1.29, 1.82) is 5.26 Å². The highest BCUT2D eigenvalue weighted by Gasteiger charge is 2.17. The first-order chi connectivity index (χ1) is 13.5. The average Bonchev–Trinajstić information content (AvgIpc) is 2.72. The quantitative estimate of drug-likeness (QED) is 0.571. The Morgan fingerprint density at radius 1 is 1.18 bits per heavy atom. The number of ether oxygens (including phenoxy) is 1. The second-order valence-electron chi connectivity index (χ2n) is 6.85. The van der Waals surface area contributed by atoms with Crippen molar-refractivity contribution in [2.75, 3.05) is 38.3 Å². The van der Waals surface area contributed by atoms with Crippen LogP contribution in [0.4, 0.5) is 5.69 Å². The molecule has 0 amide bonds. The van der Waals surface area contributed by atoms with Gasteiger partial charge in [-0.05, 0) is 59.9 Å². The summed E-state index contributed by atoms with van der Waals surface area (Å²) < 4.78 is 31.7. The molecule has 1 aliphatic heterocycles. The molecule has 148 valence electrons. The molecule has 1 N–H and O–H groups in total. The third-order valence-electron chi connectivity index (χ3n) is 4.86. The third-order valence-corrected chi connectivity index (χ3v) is 6.24. The Labute approximate surface area is 166 Å². The van der Waals surface area contributed by atoms with Crippen LogP contribution in [-0.2, 0) is 14.8 Å². The number of hydrogen-bond acceptors (Lipinski definition) is 5. The number of sulfonamides is 1. The summed E-state index contributed by atoms with van der Waals surface area (Å²) >= 11 is 0. The monoisotopic (exact) mass is 399 g/mol. The van der Waals surface area contributed by atoms with Crippen LogP contribution in [0, 0.1) is 11.3 Å². The Kier molecular flexibility index (Phi) is 6.68. The van der Waals surface area contributed by atoms with Crippen molar-refractivity contribution in [3.05, 3.63) is 46.9 Å². The van der Waals surface area contributed by atoms with Crippen LogP contribution >= 0.6 is 0 Å². The lowest BCUT2D eigenvalue weighted by Crippen LogP contribution is -2.29. The van der Waals surface area contributed by atoms with E-state index in [2.05, 4.69) is 21.8 Å². The Hall–Kier alpha value is -2.40. The van der Waals surface area contributed by atoms with Crippen molar-refractivity contribution in [2.24, 2.45) is 0 Å². The number of rotatable bonds is 7. The molecule has 28 heavy (non-hydrogen) atoms. The fourth-order valence-corrected chi connectivity index (χ4v) is 4.29. The highest BCUT2D eigenvalue weighted by Crippen LogP contribution is 2.26. The van der Waals surface area contributed by atoms with Gasteiger partial charge in [-0.2, -0.15) is 5.26 Å². The van der Waals surface area contributed by atoms with E-state index in [1.54, 1.807) is 6.07 Å². The molecule has 1 heterocycles. The van der Waals surface area contributed by atoms with Gasteiger partial charge in [0.15, 0.2) is 4.91 Å². The second kappa shape index (κ2) is 9.20. The number of methoxy groups -OCH3 is 1. The number of nitrogens with one attached hydrogen (secondary N) is 1. The zero-order valence-electron chi connectivity index (χ0n) is 16.0. The summed E-state index contributed by atoms with van der Waals surface area (Å²) in [7, 11) is -2.37. The first-order valence-corrected chi connectivity index (χ1v) is 10.9. The average molecular weight is 400 g/mol. The van der Waals surface area contributed by atoms with Crippen LogP contribution in [0.2, 0.25) is 0 Å². The predicted octanol–water partition coefficient (Wildman–Crippen LogP) is 3.26. The number of piperidine rings is 1. The number of allylic oxidation sites excluding steroid dienone is 1. The third kappa shape index (κ3) is 4.90. The van der Waals surface area contributed by atoms with Gasteiger partial charge in [0.25, 0.3) is 10.0 Å². The smallest absolute Gasteiger partial charge is 0.250 e. The molecular weight excluding hydrogens is 374 g/mol. The maximum Gasteiger partial charge on any atom is 0.250 e. The number of benzene rings is 2. The van der Waals surface area contributed by atoms with Crippen LogP contribution in [0.3, 0.4) is 0 Å². The van der Waals surface area contributed by atoms with Crippen molar-refractivity contribution < 1.29 is 13.2 Å². The molecule has 0 unspecified atom stereocenters. The number of hydrogen-bond donors (Lipinski definition) is 1. The van der Waals surface area contributed by atoms with Gasteiger partial charge < -0.3 is 9.64 Å². The van der Waals surface area contributed by atoms with Crippen LogP contribution < -0.4 is 9.62 Å². The van der Waals surface area contributed by atoms with E-state index in [-0.39, 0.29) is 18.1 Å². The molecular formula is C21H25N3O3S. The lowest BCUT2D eigenvalue weighted by Gasteiger charge is -2.29. The van der Waals surface area contributed by atoms with Gasteiger partial charge in [-0.1, -0.05) is 18.2 Å². The van der Waals surface area contributed by atoms with Crippen LogP contribution in [0.5, 0.6) is 0 Å². The summed E-state index contributed by atoms with van der Waals surface area (Å²) in [5, 5.41) is 11.4. The fourth-order valence-electron chi connectivity index (χ4n) is 3.37. The van der Waals surface area contributed by atoms with E-state index in [1.807, 2.05) is 24.3 Å². The number of fused-ring (bicyclic) bond motifs is 1. The Morgan fingerprint density at radius 3 is 2.61 bits per heavy atom. The normalized spacial score (nSPS) is 15.6. The molecule has 0 aliphatic carbocycles. The van der Waals surface area contributed by atoms with Crippen molar-refractivity contribution in [1.82, 2.24) is 4.72 Å². The molecule has 1 saturated heterocycles. The molecule has 3 rings (SSSR count). The Bertz CT molecular complexity index is 1000. The Balaban J connectivity index is 1.84. The summed E-state index contributed by atoms with van der Waals surface area (Å²) in [6.45, 7) is 2.54. The van der Waals surface area contributed by atoms with Gasteiger partial charge in [-0.15, -0.1) is 0 Å². The van der Waals surface area contributed by atoms with E-state index in [0.717, 1.165) is 23.9 Å². The van der Waals surface area contributed by atoms with E-state index in [9.17, 15) is 13.7 Å². The van der Waals surface area contributed by atoms with Gasteiger partial charge in [-0.3, -0.25) is 0 Å². The first kappa shape index (κ1) is 20.3. The minimum absolute atomic E-state index is 0.120. The van der Waals surface area contributed by atoms with E-state index >= 15 is 0 Å². The topological polar surface area (TPSA) is 82.4 Å². The van der Waals surface area contributed by atoms with Crippen LogP contribution in [0.15, 0.2) is 41.3 Å². The lowest BCUT2D eigenvalue weighted by atomic mass is 10.0. The summed E-state index contributed by atoms with van der Waals surface area (Å²) in [5.74, 6) is 0. The largest absolute Gasteiger partial charge is 0.383 e. The molecule has 0 saturated carbocycles. The molecule has 0 aromatic heterocycles. The second-order valence-corrected chi connectivity index (χ2v) is 8.58. The summed E-state index contributed by atoms with van der Waals surface area (Å²) in [6, 6.07) is 13.8. The molecule has 0 radical (unpaired) electrons. The summed E-state index contributed by atoms with van der Waals surface area (Å²) in [5.41, 5.74) is 1.89. The van der Waals surface area contributed by atoms with E-state index in [0.29, 0.717) is 5.56 Å². The lowest BCUT2D eigenvalue weighted by molar-refractivity contribution is 0.204. The van der Waals surface area contributed by atoms with Gasteiger partial charge >= 0.3 is 0 Å². The molecule has 2 aromatic carbocycles. The molecule has 2 aromatic rings. The number of nitriles is 1. The van der Waals surface area contributed by atoms with E-state index in [1.165, 1.54) is 38.1 Å². The number of anilines is 1. The van der Waals surface area contributed by atoms with E-state index < -0.39 is 10.0 Å². The molecule has 0 atom stereocenters. The molecule has 7 heteroatoms. The maximum atomic E-state index is 12.3. The molecule has 0 spiro atoms. The van der Waals surface area contributed by atoms with Crippen molar-refractivity contribution in [3.8, 4) is 6.07 Å². The van der Waals surface area contributed by atoms with Gasteiger partial charge in [-0.25, -0.2) is 13.1 Å². The van der Waals surface area contributed by atoms with Gasteiger partial charge in [0.05, 0.1) is 6.61 Å². The van der Waals surface area contributed by atoms with E-state index in [4.69, 9.17) is 4.74 Å². The summed E-state index contributed by atoms with van der Waals surface area (Å²) in [4.78, 5) is 2.09. The molecule has 1 aliphatic rings.